The molecule has 1 amide bonds. The minimum atomic E-state index is -0.171. The van der Waals surface area contributed by atoms with Crippen LogP contribution in [0.2, 0.25) is 0 Å². The molecule has 1 aliphatic heterocycles. The molecular weight excluding hydrogens is 154 g/mol. The second-order valence-electron chi connectivity index (χ2n) is 2.31. The first-order chi connectivity index (χ1) is 5.84. The highest BCUT2D eigenvalue weighted by atomic mass is 16.5. The van der Waals surface area contributed by atoms with E-state index in [0.29, 0.717) is 18.9 Å². The molecule has 64 valence electrons. The molecule has 1 N–H and O–H groups in total. The maximum atomic E-state index is 11.1. The Morgan fingerprint density at radius 3 is 3.25 bits per heavy atom. The second kappa shape index (κ2) is 4.45. The molecule has 1 heterocycles. The fourth-order valence-electron chi connectivity index (χ4n) is 0.876. The van der Waals surface area contributed by atoms with Gasteiger partial charge >= 0.3 is 0 Å². The third-order valence-electron chi connectivity index (χ3n) is 1.44. The lowest BCUT2D eigenvalue weighted by molar-refractivity contribution is -0.120. The van der Waals surface area contributed by atoms with Crippen LogP contribution in [-0.2, 0) is 9.53 Å². The van der Waals surface area contributed by atoms with Crippen LogP contribution in [0.25, 0.3) is 0 Å². The second-order valence-corrected chi connectivity index (χ2v) is 2.31. The molecule has 3 heteroatoms. The summed E-state index contributed by atoms with van der Waals surface area (Å²) in [6.07, 6.45) is 2.61. The van der Waals surface area contributed by atoms with Crippen molar-refractivity contribution >= 4 is 5.91 Å². The topological polar surface area (TPSA) is 38.3 Å². The van der Waals surface area contributed by atoms with Gasteiger partial charge in [0.25, 0.3) is 5.91 Å². The van der Waals surface area contributed by atoms with E-state index < -0.39 is 0 Å². The molecule has 1 rings (SSSR count). The standard InChI is InChI=1S/C9H11NO2/c1-2-3-6-10-9(11)8-5-4-7-12-8/h5H,4,6-7H2,1H3,(H,10,11). The van der Waals surface area contributed by atoms with E-state index in [1.165, 1.54) is 0 Å². The molecule has 0 saturated heterocycles. The minimum Gasteiger partial charge on any atom is -0.488 e. The van der Waals surface area contributed by atoms with Gasteiger partial charge in [0.2, 0.25) is 0 Å². The number of carbonyl (C=O) groups is 1. The predicted octanol–water partition coefficient (Wildman–Crippen LogP) is 0.430. The van der Waals surface area contributed by atoms with Crippen LogP contribution >= 0.6 is 0 Å². The van der Waals surface area contributed by atoms with Gasteiger partial charge in [0, 0.05) is 6.42 Å². The molecule has 0 aromatic rings. The molecule has 0 aliphatic carbocycles. The van der Waals surface area contributed by atoms with Crippen molar-refractivity contribution in [3.8, 4) is 11.8 Å². The summed E-state index contributed by atoms with van der Waals surface area (Å²) in [5.74, 6) is 5.68. The Kier molecular flexibility index (Phi) is 3.21. The normalized spacial score (nSPS) is 13.9. The van der Waals surface area contributed by atoms with Crippen molar-refractivity contribution in [2.24, 2.45) is 0 Å². The van der Waals surface area contributed by atoms with Crippen LogP contribution in [0.1, 0.15) is 13.3 Å². The molecule has 1 aliphatic rings. The Morgan fingerprint density at radius 1 is 1.83 bits per heavy atom. The van der Waals surface area contributed by atoms with E-state index in [4.69, 9.17) is 4.74 Å². The maximum Gasteiger partial charge on any atom is 0.286 e. The Bertz CT molecular complexity index is 257. The van der Waals surface area contributed by atoms with Crippen molar-refractivity contribution in [2.75, 3.05) is 13.2 Å². The van der Waals surface area contributed by atoms with Crippen molar-refractivity contribution < 1.29 is 9.53 Å². The van der Waals surface area contributed by atoms with E-state index in [2.05, 4.69) is 17.2 Å². The number of hydrogen-bond acceptors (Lipinski definition) is 2. The summed E-state index contributed by atoms with van der Waals surface area (Å²) >= 11 is 0. The van der Waals surface area contributed by atoms with Gasteiger partial charge in [-0.15, -0.1) is 5.92 Å². The molecule has 0 aromatic carbocycles. The quantitative estimate of drug-likeness (QED) is 0.602. The Morgan fingerprint density at radius 2 is 2.67 bits per heavy atom. The Hall–Kier alpha value is -1.43. The van der Waals surface area contributed by atoms with Crippen LogP contribution in [0.15, 0.2) is 11.8 Å². The lowest BCUT2D eigenvalue weighted by Crippen LogP contribution is -2.25. The fourth-order valence-corrected chi connectivity index (χ4v) is 0.876. The summed E-state index contributed by atoms with van der Waals surface area (Å²) in [5, 5.41) is 2.62. The molecule has 12 heavy (non-hydrogen) atoms. The van der Waals surface area contributed by atoms with E-state index >= 15 is 0 Å². The summed E-state index contributed by atoms with van der Waals surface area (Å²) in [4.78, 5) is 11.1. The summed E-state index contributed by atoms with van der Waals surface area (Å²) in [6.45, 7) is 2.73. The van der Waals surface area contributed by atoms with Gasteiger partial charge in [-0.3, -0.25) is 4.79 Å². The van der Waals surface area contributed by atoms with Gasteiger partial charge in [0.05, 0.1) is 13.2 Å². The highest BCUT2D eigenvalue weighted by molar-refractivity contribution is 5.91. The summed E-state index contributed by atoms with van der Waals surface area (Å²) in [7, 11) is 0. The first-order valence-corrected chi connectivity index (χ1v) is 3.85. The van der Waals surface area contributed by atoms with Crippen molar-refractivity contribution in [1.82, 2.24) is 5.32 Å². The van der Waals surface area contributed by atoms with E-state index in [-0.39, 0.29) is 5.91 Å². The van der Waals surface area contributed by atoms with Crippen LogP contribution in [-0.4, -0.2) is 19.1 Å². The van der Waals surface area contributed by atoms with Gasteiger partial charge in [-0.1, -0.05) is 5.92 Å². The molecule has 0 fully saturated rings. The smallest absolute Gasteiger partial charge is 0.286 e. The van der Waals surface area contributed by atoms with E-state index in [1.807, 2.05) is 0 Å². The Balaban J connectivity index is 2.31. The SMILES string of the molecule is CC#CCNC(=O)C1=CCCO1. The Labute approximate surface area is 71.8 Å². The minimum absolute atomic E-state index is 0.171. The monoisotopic (exact) mass is 165 g/mol. The number of nitrogens with one attached hydrogen (secondary N) is 1. The predicted molar refractivity (Wildman–Crippen MR) is 45.1 cm³/mol. The lowest BCUT2D eigenvalue weighted by Gasteiger charge is -2.01. The van der Waals surface area contributed by atoms with Gasteiger partial charge in [-0.2, -0.15) is 0 Å². The molecule has 3 nitrogen and oxygen atoms in total. The molecule has 0 bridgehead atoms. The zero-order chi connectivity index (χ0) is 8.81. The molecule has 0 radical (unpaired) electrons. The summed E-state index contributed by atoms with van der Waals surface area (Å²) in [5.41, 5.74) is 0. The van der Waals surface area contributed by atoms with E-state index in [0.717, 1.165) is 6.42 Å². The number of amides is 1. The van der Waals surface area contributed by atoms with Crippen LogP contribution in [0.4, 0.5) is 0 Å². The van der Waals surface area contributed by atoms with Gasteiger partial charge < -0.3 is 10.1 Å². The molecule has 0 aromatic heterocycles. The van der Waals surface area contributed by atoms with Crippen molar-refractivity contribution in [2.45, 2.75) is 13.3 Å². The third-order valence-corrected chi connectivity index (χ3v) is 1.44. The zero-order valence-corrected chi connectivity index (χ0v) is 7.02. The zero-order valence-electron chi connectivity index (χ0n) is 7.02. The molecule has 0 saturated carbocycles. The van der Waals surface area contributed by atoms with E-state index in [9.17, 15) is 4.79 Å². The summed E-state index contributed by atoms with van der Waals surface area (Å²) < 4.78 is 5.05. The largest absolute Gasteiger partial charge is 0.488 e. The summed E-state index contributed by atoms with van der Waals surface area (Å²) in [6, 6.07) is 0. The fraction of sp³-hybridized carbons (Fsp3) is 0.444. The molecule has 0 unspecified atom stereocenters. The van der Waals surface area contributed by atoms with Crippen molar-refractivity contribution in [3.05, 3.63) is 11.8 Å². The number of ether oxygens (including phenoxy) is 1. The highest BCUT2D eigenvalue weighted by Gasteiger charge is 2.13. The first-order valence-electron chi connectivity index (χ1n) is 3.85. The van der Waals surface area contributed by atoms with Gasteiger partial charge in [0.15, 0.2) is 5.76 Å². The van der Waals surface area contributed by atoms with Gasteiger partial charge in [-0.05, 0) is 13.0 Å². The molecular formula is C9H11NO2. The van der Waals surface area contributed by atoms with E-state index in [1.54, 1.807) is 13.0 Å². The number of rotatable bonds is 2. The van der Waals surface area contributed by atoms with Crippen molar-refractivity contribution in [1.29, 1.82) is 0 Å². The lowest BCUT2D eigenvalue weighted by atomic mass is 10.4. The average Bonchev–Trinajstić information content (AvgIpc) is 2.56. The maximum absolute atomic E-state index is 11.1. The average molecular weight is 165 g/mol. The van der Waals surface area contributed by atoms with Gasteiger partial charge in [0.1, 0.15) is 0 Å². The van der Waals surface area contributed by atoms with Gasteiger partial charge in [-0.25, -0.2) is 0 Å². The third kappa shape index (κ3) is 2.31. The molecule has 0 atom stereocenters. The number of carbonyl (C=O) groups excluding carboxylic acids is 1. The first kappa shape index (κ1) is 8.66. The molecule has 0 spiro atoms. The van der Waals surface area contributed by atoms with Crippen LogP contribution in [0, 0.1) is 11.8 Å². The van der Waals surface area contributed by atoms with Crippen molar-refractivity contribution in [3.63, 3.8) is 0 Å². The van der Waals surface area contributed by atoms with Crippen LogP contribution in [0.3, 0.4) is 0 Å². The number of hydrogen-bond donors (Lipinski definition) is 1. The highest BCUT2D eigenvalue weighted by Crippen LogP contribution is 2.07. The van der Waals surface area contributed by atoms with Crippen LogP contribution in [0.5, 0.6) is 0 Å². The van der Waals surface area contributed by atoms with Crippen LogP contribution < -0.4 is 5.32 Å².